The number of amides is 1. The van der Waals surface area contributed by atoms with Crippen molar-refractivity contribution >= 4 is 6.09 Å². The van der Waals surface area contributed by atoms with E-state index in [0.717, 1.165) is 12.3 Å². The summed E-state index contributed by atoms with van der Waals surface area (Å²) in [6.45, 7) is 7.67. The molecule has 0 saturated heterocycles. The molecule has 1 fully saturated rings. The van der Waals surface area contributed by atoms with Crippen LogP contribution < -0.4 is 10.9 Å². The minimum atomic E-state index is -0.437. The van der Waals surface area contributed by atoms with Crippen LogP contribution in [0.25, 0.3) is 0 Å². The van der Waals surface area contributed by atoms with Crippen molar-refractivity contribution in [2.24, 2.45) is 5.92 Å². The first-order chi connectivity index (χ1) is 6.92. The van der Waals surface area contributed by atoms with Crippen LogP contribution in [0, 0.1) is 5.92 Å². The molecule has 1 atom stereocenters. The Balaban J connectivity index is 2.20. The predicted molar refractivity (Wildman–Crippen MR) is 59.3 cm³/mol. The van der Waals surface area contributed by atoms with Crippen LogP contribution in [0.3, 0.4) is 0 Å². The third-order valence-corrected chi connectivity index (χ3v) is 2.39. The number of ether oxygens (including phenoxy) is 1. The van der Waals surface area contributed by atoms with Gasteiger partial charge in [-0.1, -0.05) is 6.92 Å². The third-order valence-electron chi connectivity index (χ3n) is 2.39. The lowest BCUT2D eigenvalue weighted by molar-refractivity contribution is 0.0484. The van der Waals surface area contributed by atoms with E-state index in [1.807, 2.05) is 20.8 Å². The Morgan fingerprint density at radius 1 is 1.47 bits per heavy atom. The molecule has 88 valence electrons. The molecular weight excluding hydrogens is 192 g/mol. The largest absolute Gasteiger partial charge is 0.443 e. The second-order valence-electron chi connectivity index (χ2n) is 5.12. The summed E-state index contributed by atoms with van der Waals surface area (Å²) in [7, 11) is 0. The molecule has 0 radical (unpaired) electrons. The summed E-state index contributed by atoms with van der Waals surface area (Å²) in [5.41, 5.74) is 5.19. The van der Waals surface area contributed by atoms with Gasteiger partial charge in [0.25, 0.3) is 0 Å². The van der Waals surface area contributed by atoms with Gasteiger partial charge in [-0.15, -0.1) is 0 Å². The molecule has 1 aliphatic carbocycles. The van der Waals surface area contributed by atoms with Crippen molar-refractivity contribution in [1.29, 1.82) is 0 Å². The van der Waals surface area contributed by atoms with Crippen molar-refractivity contribution in [1.82, 2.24) is 10.9 Å². The van der Waals surface area contributed by atoms with Crippen molar-refractivity contribution in [3.05, 3.63) is 0 Å². The zero-order valence-electron chi connectivity index (χ0n) is 10.1. The zero-order valence-corrected chi connectivity index (χ0v) is 10.1. The monoisotopic (exact) mass is 214 g/mol. The lowest BCUT2D eigenvalue weighted by atomic mass is 10.1. The number of carbonyl (C=O) groups excluding carboxylic acids is 1. The van der Waals surface area contributed by atoms with Crippen LogP contribution in [-0.2, 0) is 4.74 Å². The molecule has 0 aromatic rings. The Hall–Kier alpha value is -0.770. The van der Waals surface area contributed by atoms with Gasteiger partial charge in [-0.25, -0.2) is 10.2 Å². The van der Waals surface area contributed by atoms with Crippen molar-refractivity contribution in [2.75, 3.05) is 0 Å². The number of nitrogens with one attached hydrogen (secondary N) is 2. The SMILES string of the molecule is CCC(NNC(=O)OC(C)(C)C)C1CC1. The Labute approximate surface area is 91.7 Å². The van der Waals surface area contributed by atoms with Gasteiger partial charge in [0, 0.05) is 6.04 Å². The molecule has 0 aromatic carbocycles. The first kappa shape index (κ1) is 12.3. The van der Waals surface area contributed by atoms with E-state index in [1.165, 1.54) is 12.8 Å². The van der Waals surface area contributed by atoms with Crippen LogP contribution >= 0.6 is 0 Å². The average Bonchev–Trinajstić information content (AvgIpc) is 2.85. The van der Waals surface area contributed by atoms with Gasteiger partial charge in [-0.3, -0.25) is 5.43 Å². The van der Waals surface area contributed by atoms with Crippen LogP contribution in [0.2, 0.25) is 0 Å². The van der Waals surface area contributed by atoms with E-state index in [1.54, 1.807) is 0 Å². The Kier molecular flexibility index (Phi) is 3.97. The maximum absolute atomic E-state index is 11.3. The summed E-state index contributed by atoms with van der Waals surface area (Å²) >= 11 is 0. The second-order valence-corrected chi connectivity index (χ2v) is 5.12. The van der Waals surface area contributed by atoms with Crippen LogP contribution in [0.5, 0.6) is 0 Å². The van der Waals surface area contributed by atoms with Gasteiger partial charge in [0.2, 0.25) is 0 Å². The van der Waals surface area contributed by atoms with Crippen molar-refractivity contribution in [2.45, 2.75) is 58.6 Å². The van der Waals surface area contributed by atoms with E-state index in [9.17, 15) is 4.79 Å². The predicted octanol–water partition coefficient (Wildman–Crippen LogP) is 2.20. The van der Waals surface area contributed by atoms with Crippen molar-refractivity contribution in [3.8, 4) is 0 Å². The van der Waals surface area contributed by atoms with Crippen LogP contribution in [-0.4, -0.2) is 17.7 Å². The van der Waals surface area contributed by atoms with Gasteiger partial charge in [0.15, 0.2) is 0 Å². The zero-order chi connectivity index (χ0) is 11.5. The molecule has 1 saturated carbocycles. The number of hydrogen-bond donors (Lipinski definition) is 2. The highest BCUT2D eigenvalue weighted by Gasteiger charge is 2.30. The van der Waals surface area contributed by atoms with Gasteiger partial charge in [0.1, 0.15) is 5.60 Å². The van der Waals surface area contributed by atoms with Crippen LogP contribution in [0.4, 0.5) is 4.79 Å². The van der Waals surface area contributed by atoms with Crippen LogP contribution in [0.1, 0.15) is 47.0 Å². The van der Waals surface area contributed by atoms with E-state index in [0.29, 0.717) is 6.04 Å². The first-order valence-electron chi connectivity index (χ1n) is 5.67. The maximum atomic E-state index is 11.3. The van der Waals surface area contributed by atoms with E-state index in [4.69, 9.17) is 4.74 Å². The molecule has 2 N–H and O–H groups in total. The average molecular weight is 214 g/mol. The minimum Gasteiger partial charge on any atom is -0.443 e. The Morgan fingerprint density at radius 3 is 2.47 bits per heavy atom. The standard InChI is InChI=1S/C11H22N2O2/c1-5-9(8-6-7-8)12-13-10(14)15-11(2,3)4/h8-9,12H,5-7H2,1-4H3,(H,13,14). The van der Waals surface area contributed by atoms with E-state index < -0.39 is 11.7 Å². The molecule has 1 unspecified atom stereocenters. The molecule has 15 heavy (non-hydrogen) atoms. The number of carbonyl (C=O) groups is 1. The highest BCUT2D eigenvalue weighted by Crippen LogP contribution is 2.33. The van der Waals surface area contributed by atoms with Gasteiger partial charge < -0.3 is 4.74 Å². The smallest absolute Gasteiger partial charge is 0.422 e. The molecule has 4 heteroatoms. The van der Waals surface area contributed by atoms with Gasteiger partial charge in [-0.2, -0.15) is 0 Å². The summed E-state index contributed by atoms with van der Waals surface area (Å²) in [5.74, 6) is 0.727. The lowest BCUT2D eigenvalue weighted by Crippen LogP contribution is -2.47. The van der Waals surface area contributed by atoms with Crippen molar-refractivity contribution in [3.63, 3.8) is 0 Å². The summed E-state index contributed by atoms with van der Waals surface area (Å²) < 4.78 is 5.12. The highest BCUT2D eigenvalue weighted by molar-refractivity contribution is 5.67. The summed E-state index contributed by atoms with van der Waals surface area (Å²) in [4.78, 5) is 11.3. The first-order valence-corrected chi connectivity index (χ1v) is 5.67. The van der Waals surface area contributed by atoms with Gasteiger partial charge in [-0.05, 0) is 46.0 Å². The van der Waals surface area contributed by atoms with Crippen molar-refractivity contribution < 1.29 is 9.53 Å². The fourth-order valence-corrected chi connectivity index (χ4v) is 1.51. The summed E-state index contributed by atoms with van der Waals surface area (Å²) in [6, 6.07) is 0.387. The highest BCUT2D eigenvalue weighted by atomic mass is 16.6. The molecule has 0 heterocycles. The molecular formula is C11H22N2O2. The lowest BCUT2D eigenvalue weighted by Gasteiger charge is -2.22. The molecule has 1 rings (SSSR count). The van der Waals surface area contributed by atoms with E-state index in [-0.39, 0.29) is 0 Å². The van der Waals surface area contributed by atoms with E-state index >= 15 is 0 Å². The molecule has 4 nitrogen and oxygen atoms in total. The number of rotatable bonds is 4. The maximum Gasteiger partial charge on any atom is 0.422 e. The number of hydrazine groups is 1. The van der Waals surface area contributed by atoms with Gasteiger partial charge in [0.05, 0.1) is 0 Å². The minimum absolute atomic E-state index is 0.387. The second kappa shape index (κ2) is 4.84. The molecule has 0 aromatic heterocycles. The fourth-order valence-electron chi connectivity index (χ4n) is 1.51. The summed E-state index contributed by atoms with van der Waals surface area (Å²) in [6.07, 6.45) is 3.16. The molecule has 0 aliphatic heterocycles. The fraction of sp³-hybridized carbons (Fsp3) is 0.909. The molecule has 0 spiro atoms. The van der Waals surface area contributed by atoms with Gasteiger partial charge >= 0.3 is 6.09 Å². The Bertz CT molecular complexity index is 219. The van der Waals surface area contributed by atoms with E-state index in [2.05, 4.69) is 17.8 Å². The quantitative estimate of drug-likeness (QED) is 0.705. The third kappa shape index (κ3) is 5.02. The van der Waals surface area contributed by atoms with Crippen LogP contribution in [0.15, 0.2) is 0 Å². The topological polar surface area (TPSA) is 50.4 Å². The molecule has 1 amide bonds. The Morgan fingerprint density at radius 2 is 2.07 bits per heavy atom. The normalized spacial score (nSPS) is 18.4. The molecule has 1 aliphatic rings. The molecule has 0 bridgehead atoms. The number of hydrogen-bond acceptors (Lipinski definition) is 3. The summed E-state index contributed by atoms with van der Waals surface area (Å²) in [5, 5.41) is 0.